The Balaban J connectivity index is 2.27. The van der Waals surface area contributed by atoms with Crippen molar-refractivity contribution < 1.29 is 9.47 Å². The van der Waals surface area contributed by atoms with E-state index in [1.165, 1.54) is 0 Å². The maximum absolute atomic E-state index is 5.58. The highest BCUT2D eigenvalue weighted by Gasteiger charge is 2.10. The van der Waals surface area contributed by atoms with Gasteiger partial charge in [-0.05, 0) is 27.7 Å². The third-order valence-electron chi connectivity index (χ3n) is 2.51. The van der Waals surface area contributed by atoms with Gasteiger partial charge in [-0.2, -0.15) is 0 Å². The summed E-state index contributed by atoms with van der Waals surface area (Å²) in [5, 5.41) is 11.6. The summed E-state index contributed by atoms with van der Waals surface area (Å²) < 4.78 is 12.4. The SMILES string of the molecule is COCC(C)OCCn1cc(CNC(C)(C)C)nn1. The molecule has 0 saturated heterocycles. The lowest BCUT2D eigenvalue weighted by molar-refractivity contribution is 0.00494. The van der Waals surface area contributed by atoms with Crippen molar-refractivity contribution in [3.05, 3.63) is 11.9 Å². The molecule has 1 aromatic heterocycles. The average molecular weight is 270 g/mol. The van der Waals surface area contributed by atoms with Crippen molar-refractivity contribution in [1.29, 1.82) is 0 Å². The van der Waals surface area contributed by atoms with Gasteiger partial charge in [0.15, 0.2) is 0 Å². The maximum atomic E-state index is 5.58. The smallest absolute Gasteiger partial charge is 0.0965 e. The van der Waals surface area contributed by atoms with Crippen LogP contribution in [0, 0.1) is 0 Å². The minimum atomic E-state index is 0.0858. The lowest BCUT2D eigenvalue weighted by atomic mass is 10.1. The fourth-order valence-corrected chi connectivity index (χ4v) is 1.51. The van der Waals surface area contributed by atoms with Gasteiger partial charge < -0.3 is 14.8 Å². The third-order valence-corrected chi connectivity index (χ3v) is 2.51. The van der Waals surface area contributed by atoms with Gasteiger partial charge in [0.2, 0.25) is 0 Å². The van der Waals surface area contributed by atoms with Gasteiger partial charge in [-0.25, -0.2) is 4.68 Å². The van der Waals surface area contributed by atoms with E-state index in [0.717, 1.165) is 12.2 Å². The van der Waals surface area contributed by atoms with Crippen LogP contribution in [0.1, 0.15) is 33.4 Å². The van der Waals surface area contributed by atoms with E-state index in [9.17, 15) is 0 Å². The Hall–Kier alpha value is -0.980. The van der Waals surface area contributed by atoms with Crippen molar-refractivity contribution in [3.63, 3.8) is 0 Å². The molecule has 1 aromatic rings. The number of aromatic nitrogens is 3. The van der Waals surface area contributed by atoms with Gasteiger partial charge in [0.05, 0.1) is 31.6 Å². The van der Waals surface area contributed by atoms with E-state index in [1.807, 2.05) is 13.1 Å². The normalized spacial score (nSPS) is 13.7. The first-order valence-corrected chi connectivity index (χ1v) is 6.65. The van der Waals surface area contributed by atoms with E-state index < -0.39 is 0 Å². The summed E-state index contributed by atoms with van der Waals surface area (Å²) in [7, 11) is 1.67. The second-order valence-electron chi connectivity index (χ2n) is 5.71. The highest BCUT2D eigenvalue weighted by molar-refractivity contribution is 4.92. The van der Waals surface area contributed by atoms with Gasteiger partial charge >= 0.3 is 0 Å². The van der Waals surface area contributed by atoms with Crippen LogP contribution in [0.2, 0.25) is 0 Å². The first-order valence-electron chi connectivity index (χ1n) is 6.65. The van der Waals surface area contributed by atoms with Crippen LogP contribution < -0.4 is 5.32 Å². The quantitative estimate of drug-likeness (QED) is 0.769. The molecule has 0 saturated carbocycles. The lowest BCUT2D eigenvalue weighted by Crippen LogP contribution is -2.35. The Labute approximate surface area is 115 Å². The van der Waals surface area contributed by atoms with Crippen LogP contribution in [-0.4, -0.2) is 47.0 Å². The van der Waals surface area contributed by atoms with E-state index in [1.54, 1.807) is 11.8 Å². The number of hydrogen-bond acceptors (Lipinski definition) is 5. The number of ether oxygens (including phenoxy) is 2. The molecule has 0 spiro atoms. The molecule has 0 aliphatic heterocycles. The molecule has 1 heterocycles. The number of nitrogens with one attached hydrogen (secondary N) is 1. The predicted molar refractivity (Wildman–Crippen MR) is 73.9 cm³/mol. The van der Waals surface area contributed by atoms with Crippen LogP contribution >= 0.6 is 0 Å². The van der Waals surface area contributed by atoms with Gasteiger partial charge in [0.25, 0.3) is 0 Å². The average Bonchev–Trinajstić information content (AvgIpc) is 2.74. The monoisotopic (exact) mass is 270 g/mol. The molecule has 0 amide bonds. The van der Waals surface area contributed by atoms with Crippen LogP contribution in [0.3, 0.4) is 0 Å². The summed E-state index contributed by atoms with van der Waals surface area (Å²) in [5.41, 5.74) is 1.03. The summed E-state index contributed by atoms with van der Waals surface area (Å²) >= 11 is 0. The number of rotatable bonds is 8. The summed E-state index contributed by atoms with van der Waals surface area (Å²) in [6, 6.07) is 0. The van der Waals surface area contributed by atoms with Crippen molar-refractivity contribution in [1.82, 2.24) is 20.3 Å². The molecule has 1 N–H and O–H groups in total. The van der Waals surface area contributed by atoms with Crippen LogP contribution in [0.5, 0.6) is 0 Å². The largest absolute Gasteiger partial charge is 0.382 e. The molecule has 6 heteroatoms. The van der Waals surface area contributed by atoms with E-state index in [-0.39, 0.29) is 11.6 Å². The topological polar surface area (TPSA) is 61.2 Å². The zero-order valence-electron chi connectivity index (χ0n) is 12.6. The van der Waals surface area contributed by atoms with Crippen LogP contribution in [0.25, 0.3) is 0 Å². The molecule has 19 heavy (non-hydrogen) atoms. The van der Waals surface area contributed by atoms with Crippen molar-refractivity contribution in [2.45, 2.75) is 52.4 Å². The van der Waals surface area contributed by atoms with Crippen LogP contribution in [0.15, 0.2) is 6.20 Å². The number of nitrogens with zero attached hydrogens (tertiary/aromatic N) is 3. The summed E-state index contributed by atoms with van der Waals surface area (Å²) in [4.78, 5) is 0. The van der Waals surface area contributed by atoms with E-state index in [2.05, 4.69) is 36.4 Å². The molecule has 0 aliphatic carbocycles. The van der Waals surface area contributed by atoms with E-state index in [0.29, 0.717) is 19.8 Å². The fraction of sp³-hybridized carbons (Fsp3) is 0.846. The minimum absolute atomic E-state index is 0.0858. The number of hydrogen-bond donors (Lipinski definition) is 1. The summed E-state index contributed by atoms with van der Waals surface area (Å²) in [5.74, 6) is 0. The Morgan fingerprint density at radius 3 is 2.79 bits per heavy atom. The van der Waals surface area contributed by atoms with Gasteiger partial charge in [-0.15, -0.1) is 5.10 Å². The van der Waals surface area contributed by atoms with E-state index >= 15 is 0 Å². The molecule has 0 bridgehead atoms. The Morgan fingerprint density at radius 1 is 1.42 bits per heavy atom. The molecular weight excluding hydrogens is 244 g/mol. The molecule has 110 valence electrons. The Bertz CT molecular complexity index is 360. The summed E-state index contributed by atoms with van der Waals surface area (Å²) in [6.07, 6.45) is 2.05. The highest BCUT2D eigenvalue weighted by atomic mass is 16.5. The third kappa shape index (κ3) is 7.25. The van der Waals surface area contributed by atoms with Crippen LogP contribution in [0.4, 0.5) is 0 Å². The van der Waals surface area contributed by atoms with Crippen molar-refractivity contribution in [3.8, 4) is 0 Å². The zero-order valence-corrected chi connectivity index (χ0v) is 12.6. The van der Waals surface area contributed by atoms with Gasteiger partial charge in [-0.1, -0.05) is 5.21 Å². The second kappa shape index (κ2) is 7.57. The van der Waals surface area contributed by atoms with Crippen molar-refractivity contribution in [2.24, 2.45) is 0 Å². The number of methoxy groups -OCH3 is 1. The molecule has 6 nitrogen and oxygen atoms in total. The van der Waals surface area contributed by atoms with Gasteiger partial charge in [-0.3, -0.25) is 0 Å². The van der Waals surface area contributed by atoms with Crippen molar-refractivity contribution in [2.75, 3.05) is 20.3 Å². The first kappa shape index (κ1) is 16.1. The summed E-state index contributed by atoms with van der Waals surface area (Å²) in [6.45, 7) is 11.0. The zero-order chi connectivity index (χ0) is 14.3. The van der Waals surface area contributed by atoms with E-state index in [4.69, 9.17) is 9.47 Å². The van der Waals surface area contributed by atoms with Gasteiger partial charge in [0, 0.05) is 25.4 Å². The second-order valence-corrected chi connectivity index (χ2v) is 5.71. The predicted octanol–water partition coefficient (Wildman–Crippen LogP) is 1.22. The molecule has 0 aliphatic rings. The molecule has 1 atom stereocenters. The molecular formula is C13H26N4O2. The van der Waals surface area contributed by atoms with Crippen molar-refractivity contribution >= 4 is 0 Å². The highest BCUT2D eigenvalue weighted by Crippen LogP contribution is 2.01. The molecule has 1 unspecified atom stereocenters. The first-order chi connectivity index (χ1) is 8.90. The fourth-order valence-electron chi connectivity index (χ4n) is 1.51. The van der Waals surface area contributed by atoms with Crippen LogP contribution in [-0.2, 0) is 22.6 Å². The molecule has 0 aromatic carbocycles. The molecule has 1 rings (SSSR count). The maximum Gasteiger partial charge on any atom is 0.0965 e. The van der Waals surface area contributed by atoms with Gasteiger partial charge in [0.1, 0.15) is 0 Å². The minimum Gasteiger partial charge on any atom is -0.382 e. The molecule has 0 fully saturated rings. The Kier molecular flexibility index (Phi) is 6.41. The Morgan fingerprint density at radius 2 is 2.16 bits per heavy atom. The standard InChI is InChI=1S/C13H26N4O2/c1-11(10-18-5)19-7-6-17-9-12(15-16-17)8-14-13(2,3)4/h9,11,14H,6-8,10H2,1-5H3. The molecule has 0 radical (unpaired) electrons. The lowest BCUT2D eigenvalue weighted by Gasteiger charge is -2.19.